The highest BCUT2D eigenvalue weighted by Crippen LogP contribution is 2.55. The summed E-state index contributed by atoms with van der Waals surface area (Å²) in [6.07, 6.45) is 29.2. The van der Waals surface area contributed by atoms with Crippen molar-refractivity contribution in [1.29, 1.82) is 15.8 Å². The molecular weight excluding hydrogens is 1750 g/mol. The van der Waals surface area contributed by atoms with Crippen LogP contribution in [0.3, 0.4) is 0 Å². The van der Waals surface area contributed by atoms with Crippen LogP contribution >= 0.6 is 0 Å². The summed E-state index contributed by atoms with van der Waals surface area (Å²) in [5.41, 5.74) is 25.5. The van der Waals surface area contributed by atoms with E-state index in [0.29, 0.717) is 51.3 Å². The molecular formula is C131H107N9O3. The summed E-state index contributed by atoms with van der Waals surface area (Å²) in [7, 11) is 4.00. The molecule has 0 radical (unpaired) electrons. The molecule has 0 aliphatic carbocycles. The first kappa shape index (κ1) is 94.2. The topological polar surface area (TPSA) is 122 Å². The normalized spacial score (nSPS) is 16.2. The lowest BCUT2D eigenvalue weighted by molar-refractivity contribution is 0.318. The zero-order valence-electron chi connectivity index (χ0n) is 82.0. The standard InChI is InChI=1S/C42H28.C27H29N3O.C23H21N3O.C20H12.C19H17N3O/c1-5-17-29(18-6-1)37-33-25-13-14-26-34(33)39(31-21-9-3-10-22-31)42-40(32-23-11-4-12-24-32)36-28-16-15-27-35(36)38(41(37)42)30-19-7-2-8-20-30;1-18-13-20(24(17-28)29-6)16-21(31-18)8-7-19-14-22-25-23(15-19)27(4,5)10-12-30(25)11-9-26(22,2)3;1-16-11-20(22(15-24)25-2)14-21(27-16)8-7-17-12-18-5-3-9-26-10-4-6-19(13-17)23(18)26;1-5-13-6-2-11-17-18-12-4-8-14-7-3-10-16(20(14)18)15(9-1)19(13)17;1-14-11-16(19(13-20)21-2)12-18(23-14)10-7-15-5-8-17(9-6-15)22(3)4/h1-28H;7-8,13-16H,9-12H2,1-5H3;7-8,11-14H,3-6,9-10H2,1H3;1-12H;5-12H,1,3-4H3/b;8-7+,24-20+;8-7+,22-20+;;10-7+,19-16+. The van der Waals surface area contributed by atoms with Crippen molar-refractivity contribution in [2.24, 2.45) is 0 Å². The van der Waals surface area contributed by atoms with Crippen LogP contribution in [0.2, 0.25) is 0 Å². The number of nitriles is 3. The molecule has 0 N–H and O–H groups in total. The predicted octanol–water partition coefficient (Wildman–Crippen LogP) is 33.1. The second-order valence-electron chi connectivity index (χ2n) is 38.6. The average Bonchev–Trinajstić information content (AvgIpc) is 0.709. The molecule has 7 heterocycles. The van der Waals surface area contributed by atoms with Gasteiger partial charge < -0.3 is 28.9 Å². The van der Waals surface area contributed by atoms with Crippen LogP contribution in [0.5, 0.6) is 0 Å². The molecule has 16 aromatic rings. The summed E-state index contributed by atoms with van der Waals surface area (Å²) < 4.78 is 17.2. The third-order valence-corrected chi connectivity index (χ3v) is 28.1. The molecule has 143 heavy (non-hydrogen) atoms. The van der Waals surface area contributed by atoms with E-state index < -0.39 is 0 Å². The van der Waals surface area contributed by atoms with E-state index >= 15 is 0 Å². The molecule has 12 heteroatoms. The molecule has 0 aromatic heterocycles. The summed E-state index contributed by atoms with van der Waals surface area (Å²) in [6.45, 7) is 40.9. The second-order valence-corrected chi connectivity index (χ2v) is 38.6. The number of fused-ring (bicyclic) bond motifs is 5. The number of aryl methyl sites for hydroxylation is 2. The van der Waals surface area contributed by atoms with Gasteiger partial charge in [-0.25, -0.2) is 30.3 Å². The Labute approximate surface area is 838 Å². The number of hydrogen-bond donors (Lipinski definition) is 0. The van der Waals surface area contributed by atoms with Crippen LogP contribution in [0.25, 0.3) is 153 Å². The van der Waals surface area contributed by atoms with Crippen molar-refractivity contribution < 1.29 is 14.2 Å². The molecule has 0 fully saturated rings. The summed E-state index contributed by atoms with van der Waals surface area (Å²) in [5.74, 6) is 3.90. The van der Waals surface area contributed by atoms with Crippen LogP contribution in [0.15, 0.2) is 414 Å². The number of rotatable bonds is 11. The monoisotopic (exact) mass is 1850 g/mol. The van der Waals surface area contributed by atoms with Crippen molar-refractivity contribution in [3.63, 3.8) is 0 Å². The summed E-state index contributed by atoms with van der Waals surface area (Å²) in [6, 6.07) is 111. The number of ether oxygens (including phenoxy) is 3. The first-order chi connectivity index (χ1) is 69.7. The molecule has 0 unspecified atom stereocenters. The Bertz CT molecular complexity index is 7850. The lowest BCUT2D eigenvalue weighted by Crippen LogP contribution is -2.44. The van der Waals surface area contributed by atoms with Gasteiger partial charge in [-0.2, -0.15) is 0 Å². The number of hydrogen-bond acceptors (Lipinski definition) is 9. The van der Waals surface area contributed by atoms with Gasteiger partial charge in [-0.05, 0) is 337 Å². The number of benzene rings is 16. The molecule has 0 atom stereocenters. The highest BCUT2D eigenvalue weighted by molar-refractivity contribution is 6.35. The van der Waals surface area contributed by atoms with Crippen molar-refractivity contribution in [3.05, 3.63) is 487 Å². The van der Waals surface area contributed by atoms with E-state index in [1.165, 1.54) is 185 Å². The van der Waals surface area contributed by atoms with Crippen LogP contribution in [0, 0.1) is 53.7 Å². The molecule has 12 nitrogen and oxygen atoms in total. The van der Waals surface area contributed by atoms with Gasteiger partial charge in [0, 0.05) is 57.3 Å². The van der Waals surface area contributed by atoms with E-state index in [2.05, 4.69) is 331 Å². The first-order valence-corrected chi connectivity index (χ1v) is 48.8. The van der Waals surface area contributed by atoms with Gasteiger partial charge in [0.15, 0.2) is 0 Å². The van der Waals surface area contributed by atoms with E-state index in [1.54, 1.807) is 43.4 Å². The Kier molecular flexibility index (Phi) is 27.1. The fourth-order valence-electron chi connectivity index (χ4n) is 21.3. The zero-order chi connectivity index (χ0) is 99.0. The summed E-state index contributed by atoms with van der Waals surface area (Å²) in [4.78, 5) is 17.0. The Morgan fingerprint density at radius 1 is 0.336 bits per heavy atom. The summed E-state index contributed by atoms with van der Waals surface area (Å²) in [5, 5.41) is 45.8. The molecule has 0 saturated heterocycles. The number of nitrogens with zero attached hydrogens (tertiary/aromatic N) is 9. The van der Waals surface area contributed by atoms with E-state index in [0.717, 1.165) is 55.6 Å². The van der Waals surface area contributed by atoms with E-state index in [4.69, 9.17) is 44.5 Å². The van der Waals surface area contributed by atoms with Crippen LogP contribution in [-0.2, 0) is 37.9 Å². The van der Waals surface area contributed by atoms with E-state index in [-0.39, 0.29) is 27.9 Å². The van der Waals surface area contributed by atoms with Crippen molar-refractivity contribution in [1.82, 2.24) is 0 Å². The molecule has 23 rings (SSSR count). The summed E-state index contributed by atoms with van der Waals surface area (Å²) >= 11 is 0. The lowest BCUT2D eigenvalue weighted by atomic mass is 9.69. The maximum Gasteiger partial charge on any atom is 0.269 e. The van der Waals surface area contributed by atoms with Crippen molar-refractivity contribution in [2.45, 2.75) is 97.8 Å². The maximum absolute atomic E-state index is 9.21. The molecule has 0 bridgehead atoms. The van der Waals surface area contributed by atoms with Gasteiger partial charge in [-0.1, -0.05) is 301 Å². The van der Waals surface area contributed by atoms with Crippen molar-refractivity contribution in [3.8, 4) is 62.7 Å². The van der Waals surface area contributed by atoms with Gasteiger partial charge >= 0.3 is 0 Å². The fraction of sp³-hybridized carbons (Fsp3) is 0.160. The van der Waals surface area contributed by atoms with Crippen LogP contribution in [0.1, 0.15) is 113 Å². The average molecular weight is 1860 g/mol. The SMILES string of the molecule is [C-]#[N+]/C(C#N)=C1\C=C(C)OC(/C=C/c2cc3c4c(c2)C(C)(C)CCN4CCC3(C)C)=C1.[C-]#[N+]/C(C#N)=C1\C=C(C)OC(/C=C/c2cc3c4c(c2)CCCN4CCC3)=C1.[C-]#[N+]/C(C#N)=C1\C=C(C)OC(/C=C/c2ccc(N(C)C)cc2)=C1.c1cc2cccc3c4cccc5cccc(c(c1)c23)c54.c1ccc(-c2c3ccccc3c(-c3ccccc3)c3c(-c4ccccc4)c4ccccc4c(-c4ccccc4)c23)cc1. The van der Waals surface area contributed by atoms with E-state index in [1.807, 2.05) is 99.6 Å². The Morgan fingerprint density at radius 3 is 0.951 bits per heavy atom. The quantitative estimate of drug-likeness (QED) is 0.0539. The van der Waals surface area contributed by atoms with Gasteiger partial charge in [0.05, 0.1) is 37.9 Å². The Morgan fingerprint density at radius 2 is 0.636 bits per heavy atom. The fourth-order valence-corrected chi connectivity index (χ4v) is 21.3. The van der Waals surface area contributed by atoms with Gasteiger partial charge in [0.25, 0.3) is 17.1 Å². The smallest absolute Gasteiger partial charge is 0.269 e. The van der Waals surface area contributed by atoms with Gasteiger partial charge in [-0.15, -0.1) is 0 Å². The second kappa shape index (κ2) is 41.1. The molecule has 0 saturated carbocycles. The highest BCUT2D eigenvalue weighted by Gasteiger charge is 2.40. The minimum absolute atomic E-state index is 0.0638. The molecule has 694 valence electrons. The zero-order valence-corrected chi connectivity index (χ0v) is 82.0. The third-order valence-electron chi connectivity index (χ3n) is 28.1. The minimum atomic E-state index is 0.0638. The highest BCUT2D eigenvalue weighted by atomic mass is 16.5. The predicted molar refractivity (Wildman–Crippen MR) is 592 cm³/mol. The van der Waals surface area contributed by atoms with Crippen LogP contribution < -0.4 is 14.7 Å². The minimum Gasteiger partial charge on any atom is -0.462 e. The van der Waals surface area contributed by atoms with Gasteiger partial charge in [0.1, 0.15) is 34.6 Å². The van der Waals surface area contributed by atoms with Crippen LogP contribution in [-0.4, -0.2) is 40.3 Å². The van der Waals surface area contributed by atoms with Crippen molar-refractivity contribution >= 4 is 111 Å². The van der Waals surface area contributed by atoms with Gasteiger partial charge in [0.2, 0.25) is 0 Å². The molecule has 0 spiro atoms. The van der Waals surface area contributed by atoms with Crippen LogP contribution in [0.4, 0.5) is 17.1 Å². The maximum atomic E-state index is 9.21. The van der Waals surface area contributed by atoms with Gasteiger partial charge in [-0.3, -0.25) is 0 Å². The Balaban J connectivity index is 0.000000116. The molecule has 7 aliphatic heterocycles. The number of allylic oxidation sites excluding steroid dienone is 18. The first-order valence-electron chi connectivity index (χ1n) is 48.8. The van der Waals surface area contributed by atoms with E-state index in [9.17, 15) is 5.26 Å². The lowest BCUT2D eigenvalue weighted by Gasteiger charge is -2.48. The largest absolute Gasteiger partial charge is 0.462 e. The third kappa shape index (κ3) is 19.4. The Hall–Kier alpha value is -17.8. The van der Waals surface area contributed by atoms with Crippen molar-refractivity contribution in [2.75, 3.05) is 55.0 Å². The number of anilines is 3. The molecule has 7 aliphatic rings. The molecule has 0 amide bonds. The molecule has 16 aromatic carbocycles.